The summed E-state index contributed by atoms with van der Waals surface area (Å²) in [4.78, 5) is 3.72. The molecule has 1 atom stereocenters. The van der Waals surface area contributed by atoms with Crippen LogP contribution in [0.1, 0.15) is 61.6 Å². The van der Waals surface area contributed by atoms with Gasteiger partial charge in [-0.05, 0) is 68.0 Å². The van der Waals surface area contributed by atoms with Crippen molar-refractivity contribution in [3.05, 3.63) is 65.2 Å². The predicted molar refractivity (Wildman–Crippen MR) is 110 cm³/mol. The molecule has 2 aliphatic rings. The van der Waals surface area contributed by atoms with Gasteiger partial charge in [-0.3, -0.25) is 4.98 Å². The van der Waals surface area contributed by atoms with E-state index in [-0.39, 0.29) is 16.8 Å². The SMILES string of the molecule is Fc1cccc([C@]2(CCNCc3cncc(C(F)(F)F)c3)CCOC3(CCCC3)C2)c1. The van der Waals surface area contributed by atoms with Gasteiger partial charge in [0.15, 0.2) is 0 Å². The summed E-state index contributed by atoms with van der Waals surface area (Å²) in [6.07, 6.45) is 4.70. The van der Waals surface area contributed by atoms with Gasteiger partial charge in [0.05, 0.1) is 11.2 Å². The van der Waals surface area contributed by atoms with Crippen molar-refractivity contribution in [2.75, 3.05) is 13.2 Å². The van der Waals surface area contributed by atoms with Crippen LogP contribution in [-0.4, -0.2) is 23.7 Å². The number of nitrogens with one attached hydrogen (secondary N) is 1. The van der Waals surface area contributed by atoms with E-state index >= 15 is 0 Å². The Morgan fingerprint density at radius 1 is 1.06 bits per heavy atom. The predicted octanol–water partition coefficient (Wildman–Crippen LogP) is 5.78. The van der Waals surface area contributed by atoms with E-state index < -0.39 is 11.7 Å². The summed E-state index contributed by atoms with van der Waals surface area (Å²) < 4.78 is 59.0. The Morgan fingerprint density at radius 3 is 2.61 bits per heavy atom. The highest BCUT2D eigenvalue weighted by Crippen LogP contribution is 2.50. The molecule has 4 rings (SSSR count). The van der Waals surface area contributed by atoms with Crippen LogP contribution in [0.2, 0.25) is 0 Å². The highest BCUT2D eigenvalue weighted by molar-refractivity contribution is 5.28. The van der Waals surface area contributed by atoms with E-state index in [0.717, 1.165) is 62.8 Å². The number of hydrogen-bond acceptors (Lipinski definition) is 3. The van der Waals surface area contributed by atoms with E-state index in [0.29, 0.717) is 25.3 Å². The normalized spacial score (nSPS) is 23.4. The Morgan fingerprint density at radius 2 is 1.87 bits per heavy atom. The van der Waals surface area contributed by atoms with Crippen LogP contribution in [0.4, 0.5) is 17.6 Å². The van der Waals surface area contributed by atoms with Crippen molar-refractivity contribution < 1.29 is 22.3 Å². The van der Waals surface area contributed by atoms with Crippen molar-refractivity contribution in [3.8, 4) is 0 Å². The second-order valence-electron chi connectivity index (χ2n) is 8.96. The molecule has 0 radical (unpaired) electrons. The molecule has 1 N–H and O–H groups in total. The minimum atomic E-state index is -4.40. The maximum atomic E-state index is 14.1. The largest absolute Gasteiger partial charge is 0.417 e. The van der Waals surface area contributed by atoms with Crippen molar-refractivity contribution in [1.29, 1.82) is 0 Å². The van der Waals surface area contributed by atoms with Crippen LogP contribution in [-0.2, 0) is 22.9 Å². The monoisotopic (exact) mass is 436 g/mol. The molecule has 2 heterocycles. The third-order valence-electron chi connectivity index (χ3n) is 6.83. The Bertz CT molecular complexity index is 895. The molecular weight excluding hydrogens is 408 g/mol. The van der Waals surface area contributed by atoms with Crippen molar-refractivity contribution >= 4 is 0 Å². The molecule has 1 spiro atoms. The zero-order valence-corrected chi connectivity index (χ0v) is 17.5. The van der Waals surface area contributed by atoms with Crippen molar-refractivity contribution in [2.24, 2.45) is 0 Å². The fourth-order valence-corrected chi connectivity index (χ4v) is 5.28. The van der Waals surface area contributed by atoms with Gasteiger partial charge >= 0.3 is 6.18 Å². The average molecular weight is 436 g/mol. The molecule has 2 fully saturated rings. The summed E-state index contributed by atoms with van der Waals surface area (Å²) in [6, 6.07) is 7.97. The van der Waals surface area contributed by atoms with Gasteiger partial charge in [-0.15, -0.1) is 0 Å². The summed E-state index contributed by atoms with van der Waals surface area (Å²) in [6.45, 7) is 1.56. The lowest BCUT2D eigenvalue weighted by atomic mass is 9.66. The summed E-state index contributed by atoms with van der Waals surface area (Å²) in [5, 5.41) is 3.27. The minimum absolute atomic E-state index is 0.129. The number of hydrogen-bond donors (Lipinski definition) is 1. The molecule has 1 aliphatic heterocycles. The van der Waals surface area contributed by atoms with Crippen LogP contribution in [0.5, 0.6) is 0 Å². The van der Waals surface area contributed by atoms with Gasteiger partial charge in [0.25, 0.3) is 0 Å². The number of ether oxygens (including phenoxy) is 1. The number of aromatic nitrogens is 1. The van der Waals surface area contributed by atoms with Crippen LogP contribution in [0.25, 0.3) is 0 Å². The van der Waals surface area contributed by atoms with E-state index in [1.807, 2.05) is 6.07 Å². The molecule has 2 aromatic rings. The number of halogens is 4. The summed E-state index contributed by atoms with van der Waals surface area (Å²) >= 11 is 0. The van der Waals surface area contributed by atoms with Crippen molar-refractivity contribution in [1.82, 2.24) is 10.3 Å². The van der Waals surface area contributed by atoms with Crippen LogP contribution in [0.3, 0.4) is 0 Å². The van der Waals surface area contributed by atoms with Crippen LogP contribution in [0.15, 0.2) is 42.7 Å². The van der Waals surface area contributed by atoms with E-state index in [2.05, 4.69) is 10.3 Å². The first kappa shape index (κ1) is 22.2. The number of rotatable bonds is 6. The lowest BCUT2D eigenvalue weighted by Crippen LogP contribution is -2.47. The summed E-state index contributed by atoms with van der Waals surface area (Å²) in [5.41, 5.74) is 0.411. The lowest BCUT2D eigenvalue weighted by Gasteiger charge is -2.47. The molecule has 168 valence electrons. The van der Waals surface area contributed by atoms with Gasteiger partial charge in [0.1, 0.15) is 5.82 Å². The quantitative estimate of drug-likeness (QED) is 0.460. The first-order chi connectivity index (χ1) is 14.8. The molecule has 0 amide bonds. The third kappa shape index (κ3) is 5.09. The number of alkyl halides is 3. The second kappa shape index (κ2) is 8.87. The maximum Gasteiger partial charge on any atom is 0.417 e. The van der Waals surface area contributed by atoms with Crippen molar-refractivity contribution in [2.45, 2.75) is 68.7 Å². The standard InChI is InChI=1S/C24H28F4N2O/c25-21-5-3-4-19(13-21)22(9-11-31-23(17-22)6-1-2-7-23)8-10-29-14-18-12-20(16-30-15-18)24(26,27)28/h3-5,12-13,15-16,29H,1-2,6-11,14,17H2/t22-/m1/s1. The fourth-order valence-electron chi connectivity index (χ4n) is 5.28. The van der Waals surface area contributed by atoms with Gasteiger partial charge in [0.2, 0.25) is 0 Å². The van der Waals surface area contributed by atoms with Crippen LogP contribution < -0.4 is 5.32 Å². The maximum absolute atomic E-state index is 14.1. The molecule has 31 heavy (non-hydrogen) atoms. The first-order valence-corrected chi connectivity index (χ1v) is 10.9. The molecule has 1 aromatic carbocycles. The van der Waals surface area contributed by atoms with Crippen molar-refractivity contribution in [3.63, 3.8) is 0 Å². The van der Waals surface area contributed by atoms with Crippen LogP contribution >= 0.6 is 0 Å². The highest BCUT2D eigenvalue weighted by Gasteiger charge is 2.47. The Hall–Kier alpha value is -1.99. The molecule has 1 aromatic heterocycles. The Labute approximate surface area is 180 Å². The molecule has 1 saturated carbocycles. The topological polar surface area (TPSA) is 34.2 Å². The fraction of sp³-hybridized carbons (Fsp3) is 0.542. The van der Waals surface area contributed by atoms with Gasteiger partial charge in [-0.25, -0.2) is 4.39 Å². The smallest absolute Gasteiger partial charge is 0.375 e. The van der Waals surface area contributed by atoms with Gasteiger partial charge < -0.3 is 10.1 Å². The van der Waals surface area contributed by atoms with Gasteiger partial charge in [-0.1, -0.05) is 25.0 Å². The van der Waals surface area contributed by atoms with E-state index in [9.17, 15) is 17.6 Å². The minimum Gasteiger partial charge on any atom is -0.375 e. The third-order valence-corrected chi connectivity index (χ3v) is 6.83. The van der Waals surface area contributed by atoms with E-state index in [4.69, 9.17) is 4.74 Å². The Balaban J connectivity index is 1.46. The van der Waals surface area contributed by atoms with Gasteiger partial charge in [0, 0.05) is 31.0 Å². The van der Waals surface area contributed by atoms with Crippen LogP contribution in [0, 0.1) is 5.82 Å². The number of benzene rings is 1. The number of nitrogens with zero attached hydrogens (tertiary/aromatic N) is 1. The zero-order chi connectivity index (χ0) is 22.0. The molecule has 3 nitrogen and oxygen atoms in total. The van der Waals surface area contributed by atoms with E-state index in [1.165, 1.54) is 12.3 Å². The van der Waals surface area contributed by atoms with E-state index in [1.54, 1.807) is 12.1 Å². The zero-order valence-electron chi connectivity index (χ0n) is 17.5. The molecule has 7 heteroatoms. The summed E-state index contributed by atoms with van der Waals surface area (Å²) in [5.74, 6) is -0.244. The molecular formula is C24H28F4N2O. The average Bonchev–Trinajstić information content (AvgIpc) is 3.18. The molecule has 0 bridgehead atoms. The lowest BCUT2D eigenvalue weighted by molar-refractivity contribution is -0.137. The molecule has 1 aliphatic carbocycles. The second-order valence-corrected chi connectivity index (χ2v) is 8.96. The highest BCUT2D eigenvalue weighted by atomic mass is 19.4. The Kier molecular flexibility index (Phi) is 6.35. The molecule has 1 saturated heterocycles. The summed E-state index contributed by atoms with van der Waals surface area (Å²) in [7, 11) is 0. The number of pyridine rings is 1. The molecule has 0 unspecified atom stereocenters. The first-order valence-electron chi connectivity index (χ1n) is 10.9. The van der Waals surface area contributed by atoms with Gasteiger partial charge in [-0.2, -0.15) is 13.2 Å².